The second kappa shape index (κ2) is 5.51. The lowest BCUT2D eigenvalue weighted by Crippen LogP contribution is -2.50. The van der Waals surface area contributed by atoms with Gasteiger partial charge in [0.05, 0.1) is 6.04 Å². The molecule has 0 aromatic carbocycles. The Bertz CT molecular complexity index is 533. The van der Waals surface area contributed by atoms with Crippen molar-refractivity contribution >= 4 is 11.7 Å². The maximum atomic E-state index is 12.3. The summed E-state index contributed by atoms with van der Waals surface area (Å²) in [6.07, 6.45) is 2.40. The van der Waals surface area contributed by atoms with Crippen molar-refractivity contribution in [2.75, 3.05) is 6.54 Å². The van der Waals surface area contributed by atoms with Crippen LogP contribution >= 0.6 is 0 Å². The Morgan fingerprint density at radius 3 is 2.95 bits per heavy atom. The summed E-state index contributed by atoms with van der Waals surface area (Å²) >= 11 is 0. The Balaban J connectivity index is 2.24. The highest BCUT2D eigenvalue weighted by molar-refractivity contribution is 5.97. The molecule has 4 N–H and O–H groups in total. The summed E-state index contributed by atoms with van der Waals surface area (Å²) in [7, 11) is 0. The summed E-state index contributed by atoms with van der Waals surface area (Å²) in [5, 5.41) is 17.6. The van der Waals surface area contributed by atoms with E-state index >= 15 is 0 Å². The number of amidine groups is 1. The normalized spacial score (nSPS) is 20.3. The smallest absolute Gasteiger partial charge is 0.274 e. The molecule has 1 unspecified atom stereocenters. The van der Waals surface area contributed by atoms with Gasteiger partial charge >= 0.3 is 0 Å². The predicted molar refractivity (Wildman–Crippen MR) is 66.9 cm³/mol. The highest BCUT2D eigenvalue weighted by Crippen LogP contribution is 2.19. The van der Waals surface area contributed by atoms with Gasteiger partial charge in [0.1, 0.15) is 5.69 Å². The molecule has 1 aliphatic rings. The van der Waals surface area contributed by atoms with Crippen LogP contribution in [0.25, 0.3) is 0 Å². The van der Waals surface area contributed by atoms with Crippen molar-refractivity contribution in [2.24, 2.45) is 10.9 Å². The Hall–Kier alpha value is -2.38. The molecule has 102 valence electrons. The largest absolute Gasteiger partial charge is 0.409 e. The van der Waals surface area contributed by atoms with Crippen molar-refractivity contribution in [3.05, 3.63) is 28.2 Å². The monoisotopic (exact) mass is 265 g/mol. The zero-order chi connectivity index (χ0) is 13.8. The molecule has 0 aliphatic carbocycles. The van der Waals surface area contributed by atoms with Crippen LogP contribution in [0.5, 0.6) is 0 Å². The molecule has 1 saturated heterocycles. The third-order valence-electron chi connectivity index (χ3n) is 3.12. The van der Waals surface area contributed by atoms with Crippen LogP contribution in [0.3, 0.4) is 0 Å². The van der Waals surface area contributed by atoms with Crippen LogP contribution in [-0.2, 0) is 0 Å². The fourth-order valence-electron chi connectivity index (χ4n) is 2.16. The van der Waals surface area contributed by atoms with Gasteiger partial charge in [-0.3, -0.25) is 9.59 Å². The fraction of sp³-hybridized carbons (Fsp3) is 0.455. The van der Waals surface area contributed by atoms with E-state index in [0.717, 1.165) is 12.8 Å². The van der Waals surface area contributed by atoms with E-state index in [2.05, 4.69) is 15.4 Å². The van der Waals surface area contributed by atoms with Crippen molar-refractivity contribution in [3.63, 3.8) is 0 Å². The van der Waals surface area contributed by atoms with Gasteiger partial charge in [0, 0.05) is 12.6 Å². The molecule has 1 aromatic heterocycles. The number of amides is 1. The maximum Gasteiger partial charge on any atom is 0.274 e. The van der Waals surface area contributed by atoms with Crippen LogP contribution in [0.2, 0.25) is 0 Å². The van der Waals surface area contributed by atoms with E-state index < -0.39 is 6.04 Å². The molecule has 8 nitrogen and oxygen atoms in total. The first-order valence-electron chi connectivity index (χ1n) is 5.97. The molecule has 2 heterocycles. The average Bonchev–Trinajstić information content (AvgIpc) is 2.46. The number of likely N-dealkylation sites (tertiary alicyclic amines) is 1. The number of hydrogen-bond donors (Lipinski definition) is 3. The topological polar surface area (TPSA) is 125 Å². The second-order valence-corrected chi connectivity index (χ2v) is 4.34. The highest BCUT2D eigenvalue weighted by Gasteiger charge is 2.31. The molecule has 1 atom stereocenters. The van der Waals surface area contributed by atoms with E-state index in [4.69, 9.17) is 10.9 Å². The minimum absolute atomic E-state index is 0.0116. The van der Waals surface area contributed by atoms with Gasteiger partial charge in [-0.15, -0.1) is 0 Å². The molecule has 0 bridgehead atoms. The summed E-state index contributed by atoms with van der Waals surface area (Å²) in [4.78, 5) is 24.7. The lowest BCUT2D eigenvalue weighted by atomic mass is 10.0. The quantitative estimate of drug-likeness (QED) is 0.288. The van der Waals surface area contributed by atoms with Crippen LogP contribution in [0.4, 0.5) is 0 Å². The van der Waals surface area contributed by atoms with Crippen molar-refractivity contribution in [1.29, 1.82) is 0 Å². The first-order valence-corrected chi connectivity index (χ1v) is 5.97. The highest BCUT2D eigenvalue weighted by atomic mass is 16.4. The minimum atomic E-state index is -0.431. The number of hydrogen-bond acceptors (Lipinski definition) is 5. The number of carbonyl (C=O) groups is 1. The standard InChI is InChI=1S/C11H15N5O3/c12-10(15-19)8-3-1-2-6-16(8)11(18)7-4-5-9(17)14-13-7/h4-5,8,19H,1-3,6H2,(H2,12,15)(H,14,17). The van der Waals surface area contributed by atoms with Gasteiger partial charge in [0.15, 0.2) is 5.84 Å². The third kappa shape index (κ3) is 2.72. The van der Waals surface area contributed by atoms with Gasteiger partial charge < -0.3 is 15.8 Å². The van der Waals surface area contributed by atoms with Gasteiger partial charge in [-0.1, -0.05) is 5.16 Å². The van der Waals surface area contributed by atoms with E-state index in [1.807, 2.05) is 0 Å². The lowest BCUT2D eigenvalue weighted by molar-refractivity contribution is 0.0669. The third-order valence-corrected chi connectivity index (χ3v) is 3.12. The molecule has 0 spiro atoms. The minimum Gasteiger partial charge on any atom is -0.409 e. The number of nitrogens with zero attached hydrogens (tertiary/aromatic N) is 3. The molecule has 1 aliphatic heterocycles. The first kappa shape index (κ1) is 13.1. The lowest BCUT2D eigenvalue weighted by Gasteiger charge is -2.34. The first-order chi connectivity index (χ1) is 9.13. The van der Waals surface area contributed by atoms with Crippen LogP contribution in [0, 0.1) is 0 Å². The molecule has 19 heavy (non-hydrogen) atoms. The zero-order valence-corrected chi connectivity index (χ0v) is 10.2. The number of oxime groups is 1. The number of rotatable bonds is 2. The van der Waals surface area contributed by atoms with Crippen LogP contribution < -0.4 is 11.3 Å². The number of piperidine rings is 1. The summed E-state index contributed by atoms with van der Waals surface area (Å²) in [5.41, 5.74) is 5.37. The second-order valence-electron chi connectivity index (χ2n) is 4.34. The van der Waals surface area contributed by atoms with Gasteiger partial charge in [-0.25, -0.2) is 5.10 Å². The molecule has 1 fully saturated rings. The number of nitrogens with two attached hydrogens (primary N) is 1. The van der Waals surface area contributed by atoms with Crippen LogP contribution in [0.1, 0.15) is 29.8 Å². The Morgan fingerprint density at radius 2 is 2.32 bits per heavy atom. The SMILES string of the molecule is N/C(=N/O)C1CCCCN1C(=O)c1ccc(=O)[nH]n1. The number of aromatic amines is 1. The molecule has 0 radical (unpaired) electrons. The molecule has 1 amide bonds. The molecule has 1 aromatic rings. The molecule has 0 saturated carbocycles. The van der Waals surface area contributed by atoms with E-state index in [1.165, 1.54) is 17.0 Å². The molecule has 8 heteroatoms. The Morgan fingerprint density at radius 1 is 1.53 bits per heavy atom. The van der Waals surface area contributed by atoms with E-state index in [1.54, 1.807) is 0 Å². The number of H-pyrrole nitrogens is 1. The van der Waals surface area contributed by atoms with Crippen LogP contribution in [-0.4, -0.2) is 44.6 Å². The summed E-state index contributed by atoms with van der Waals surface area (Å²) < 4.78 is 0. The number of nitrogens with one attached hydrogen (secondary N) is 1. The van der Waals surface area contributed by atoms with Gasteiger partial charge in [-0.2, -0.15) is 5.10 Å². The van der Waals surface area contributed by atoms with Gasteiger partial charge in [-0.05, 0) is 25.3 Å². The van der Waals surface area contributed by atoms with E-state index in [0.29, 0.717) is 13.0 Å². The van der Waals surface area contributed by atoms with Crippen molar-refractivity contribution in [1.82, 2.24) is 15.1 Å². The summed E-state index contributed by atoms with van der Waals surface area (Å²) in [6.45, 7) is 0.514. The molecular formula is C11H15N5O3. The summed E-state index contributed by atoms with van der Waals surface area (Å²) in [5.74, 6) is -0.329. The number of carbonyl (C=O) groups excluding carboxylic acids is 1. The Labute approximate surface area is 108 Å². The Kier molecular flexibility index (Phi) is 3.79. The summed E-state index contributed by atoms with van der Waals surface area (Å²) in [6, 6.07) is 2.17. The average molecular weight is 265 g/mol. The predicted octanol–water partition coefficient (Wildman–Crippen LogP) is -0.489. The maximum absolute atomic E-state index is 12.3. The van der Waals surface area contributed by atoms with Crippen molar-refractivity contribution in [2.45, 2.75) is 25.3 Å². The molecule has 2 rings (SSSR count). The number of aromatic nitrogens is 2. The zero-order valence-electron chi connectivity index (χ0n) is 10.2. The molecular weight excluding hydrogens is 250 g/mol. The fourth-order valence-corrected chi connectivity index (χ4v) is 2.16. The van der Waals surface area contributed by atoms with Crippen molar-refractivity contribution < 1.29 is 10.0 Å². The van der Waals surface area contributed by atoms with Crippen LogP contribution in [0.15, 0.2) is 22.1 Å². The van der Waals surface area contributed by atoms with Gasteiger partial charge in [0.2, 0.25) is 0 Å². The van der Waals surface area contributed by atoms with E-state index in [9.17, 15) is 9.59 Å². The van der Waals surface area contributed by atoms with E-state index in [-0.39, 0.29) is 23.0 Å². The van der Waals surface area contributed by atoms with Crippen molar-refractivity contribution in [3.8, 4) is 0 Å². The van der Waals surface area contributed by atoms with Gasteiger partial charge in [0.25, 0.3) is 11.5 Å².